The molecule has 1 aromatic heterocycles. The van der Waals surface area contributed by atoms with E-state index in [1.54, 1.807) is 0 Å². The number of fused-ring (bicyclic) bond motifs is 1. The molecule has 0 aliphatic heterocycles. The predicted molar refractivity (Wildman–Crippen MR) is 122 cm³/mol. The number of ether oxygens (including phenoxy) is 1. The van der Waals surface area contributed by atoms with Gasteiger partial charge in [-0.2, -0.15) is 0 Å². The zero-order valence-corrected chi connectivity index (χ0v) is 17.8. The predicted octanol–water partition coefficient (Wildman–Crippen LogP) is 3.81. The molecular formula is C24H30N4O2. The van der Waals surface area contributed by atoms with Crippen molar-refractivity contribution in [3.63, 3.8) is 0 Å². The summed E-state index contributed by atoms with van der Waals surface area (Å²) in [6.45, 7) is 7.48. The number of nitrogens with one attached hydrogen (secondary N) is 2. The molecule has 3 rings (SSSR count). The van der Waals surface area contributed by atoms with Gasteiger partial charge in [-0.1, -0.05) is 36.4 Å². The molecule has 0 spiro atoms. The van der Waals surface area contributed by atoms with Gasteiger partial charge in [0.1, 0.15) is 5.75 Å². The second-order valence-electron chi connectivity index (χ2n) is 7.31. The number of aliphatic imine (C=N–C) groups is 1. The SMILES string of the molecule is CCNC(=NCc1nccc2ccccc12)NCC(O)c1cccc(OC(C)C)c1. The van der Waals surface area contributed by atoms with Crippen LogP contribution in [0.2, 0.25) is 0 Å². The van der Waals surface area contributed by atoms with Gasteiger partial charge in [0.05, 0.1) is 24.4 Å². The monoisotopic (exact) mass is 406 g/mol. The van der Waals surface area contributed by atoms with Crippen LogP contribution in [0.15, 0.2) is 65.8 Å². The molecule has 0 amide bonds. The molecule has 0 aliphatic rings. The Hall–Kier alpha value is -3.12. The van der Waals surface area contributed by atoms with E-state index in [0.29, 0.717) is 19.0 Å². The van der Waals surface area contributed by atoms with Gasteiger partial charge in [-0.3, -0.25) is 4.98 Å². The maximum Gasteiger partial charge on any atom is 0.191 e. The maximum atomic E-state index is 10.6. The quantitative estimate of drug-likeness (QED) is 0.392. The largest absolute Gasteiger partial charge is 0.491 e. The van der Waals surface area contributed by atoms with E-state index in [1.165, 1.54) is 0 Å². The second-order valence-corrected chi connectivity index (χ2v) is 7.31. The second kappa shape index (κ2) is 10.6. The lowest BCUT2D eigenvalue weighted by molar-refractivity contribution is 0.179. The zero-order valence-electron chi connectivity index (χ0n) is 17.8. The number of aromatic nitrogens is 1. The number of hydrogen-bond acceptors (Lipinski definition) is 4. The fraction of sp³-hybridized carbons (Fsp3) is 0.333. The summed E-state index contributed by atoms with van der Waals surface area (Å²) in [5, 5.41) is 19.3. The van der Waals surface area contributed by atoms with Gasteiger partial charge in [-0.25, -0.2) is 4.99 Å². The molecule has 1 atom stereocenters. The van der Waals surface area contributed by atoms with Gasteiger partial charge in [0, 0.05) is 24.7 Å². The summed E-state index contributed by atoms with van der Waals surface area (Å²) < 4.78 is 5.72. The van der Waals surface area contributed by atoms with Gasteiger partial charge in [-0.05, 0) is 49.9 Å². The first-order valence-electron chi connectivity index (χ1n) is 10.4. The van der Waals surface area contributed by atoms with Crippen LogP contribution in [-0.2, 0) is 6.54 Å². The molecule has 3 aromatic rings. The van der Waals surface area contributed by atoms with E-state index in [2.05, 4.69) is 32.7 Å². The van der Waals surface area contributed by atoms with Gasteiger partial charge in [-0.15, -0.1) is 0 Å². The van der Waals surface area contributed by atoms with Gasteiger partial charge in [0.25, 0.3) is 0 Å². The molecule has 0 saturated heterocycles. The highest BCUT2D eigenvalue weighted by molar-refractivity contribution is 5.85. The van der Waals surface area contributed by atoms with Crippen LogP contribution in [0.5, 0.6) is 5.75 Å². The van der Waals surface area contributed by atoms with Crippen molar-refractivity contribution in [2.24, 2.45) is 4.99 Å². The maximum absolute atomic E-state index is 10.6. The number of pyridine rings is 1. The lowest BCUT2D eigenvalue weighted by Crippen LogP contribution is -2.39. The van der Waals surface area contributed by atoms with E-state index in [4.69, 9.17) is 4.74 Å². The Balaban J connectivity index is 1.66. The van der Waals surface area contributed by atoms with Gasteiger partial charge < -0.3 is 20.5 Å². The number of rotatable bonds is 8. The summed E-state index contributed by atoms with van der Waals surface area (Å²) in [5.41, 5.74) is 1.72. The Morgan fingerprint density at radius 2 is 1.93 bits per heavy atom. The zero-order chi connectivity index (χ0) is 21.3. The number of nitrogens with zero attached hydrogens (tertiary/aromatic N) is 2. The first-order valence-corrected chi connectivity index (χ1v) is 10.4. The standard InChI is InChI=1S/C24H30N4O2/c1-4-25-24(27-15-22-21-11-6-5-8-18(21)12-13-26-22)28-16-23(29)19-9-7-10-20(14-19)30-17(2)3/h5-14,17,23,29H,4,15-16H2,1-3H3,(H2,25,27,28). The van der Waals surface area contributed by atoms with Crippen molar-refractivity contribution >= 4 is 16.7 Å². The van der Waals surface area contributed by atoms with Crippen LogP contribution in [0.3, 0.4) is 0 Å². The fourth-order valence-electron chi connectivity index (χ4n) is 3.18. The number of aliphatic hydroxyl groups excluding tert-OH is 1. The van der Waals surface area contributed by atoms with Crippen LogP contribution in [0, 0.1) is 0 Å². The minimum Gasteiger partial charge on any atom is -0.491 e. The molecule has 0 fully saturated rings. The molecular weight excluding hydrogens is 376 g/mol. The molecule has 30 heavy (non-hydrogen) atoms. The molecule has 6 heteroatoms. The van der Waals surface area contributed by atoms with E-state index in [-0.39, 0.29) is 6.10 Å². The Morgan fingerprint density at radius 1 is 1.10 bits per heavy atom. The van der Waals surface area contributed by atoms with Crippen molar-refractivity contribution in [3.8, 4) is 5.75 Å². The van der Waals surface area contributed by atoms with E-state index >= 15 is 0 Å². The third kappa shape index (κ3) is 5.94. The Kier molecular flexibility index (Phi) is 7.63. The molecule has 158 valence electrons. The highest BCUT2D eigenvalue weighted by atomic mass is 16.5. The van der Waals surface area contributed by atoms with Crippen LogP contribution in [0.1, 0.15) is 38.1 Å². The normalized spacial score (nSPS) is 12.8. The lowest BCUT2D eigenvalue weighted by Gasteiger charge is -2.17. The molecule has 1 heterocycles. The van der Waals surface area contributed by atoms with Crippen LogP contribution >= 0.6 is 0 Å². The molecule has 3 N–H and O–H groups in total. The average Bonchev–Trinajstić information content (AvgIpc) is 2.75. The first-order chi connectivity index (χ1) is 14.6. The third-order valence-electron chi connectivity index (χ3n) is 4.56. The topological polar surface area (TPSA) is 78.8 Å². The minimum absolute atomic E-state index is 0.0886. The summed E-state index contributed by atoms with van der Waals surface area (Å²) in [6, 6.07) is 17.7. The molecule has 2 aromatic carbocycles. The van der Waals surface area contributed by atoms with Crippen LogP contribution in [-0.4, -0.2) is 35.2 Å². The van der Waals surface area contributed by atoms with E-state index < -0.39 is 6.10 Å². The van der Waals surface area contributed by atoms with E-state index in [0.717, 1.165) is 34.3 Å². The van der Waals surface area contributed by atoms with E-state index in [1.807, 2.05) is 69.4 Å². The Bertz CT molecular complexity index is 982. The molecule has 0 radical (unpaired) electrons. The Morgan fingerprint density at radius 3 is 2.73 bits per heavy atom. The Labute approximate surface area is 178 Å². The molecule has 6 nitrogen and oxygen atoms in total. The van der Waals surface area contributed by atoms with Gasteiger partial charge >= 0.3 is 0 Å². The molecule has 0 aliphatic carbocycles. The summed E-state index contributed by atoms with van der Waals surface area (Å²) in [6.07, 6.45) is 1.22. The summed E-state index contributed by atoms with van der Waals surface area (Å²) >= 11 is 0. The van der Waals surface area contributed by atoms with Crippen molar-refractivity contribution in [1.82, 2.24) is 15.6 Å². The van der Waals surface area contributed by atoms with Crippen LogP contribution < -0.4 is 15.4 Å². The lowest BCUT2D eigenvalue weighted by atomic mass is 10.1. The number of guanidine groups is 1. The summed E-state index contributed by atoms with van der Waals surface area (Å²) in [7, 11) is 0. The summed E-state index contributed by atoms with van der Waals surface area (Å²) in [5.74, 6) is 1.39. The van der Waals surface area contributed by atoms with Crippen LogP contribution in [0.25, 0.3) is 10.8 Å². The smallest absolute Gasteiger partial charge is 0.191 e. The van der Waals surface area contributed by atoms with Crippen molar-refractivity contribution in [2.45, 2.75) is 39.5 Å². The highest BCUT2D eigenvalue weighted by Gasteiger charge is 2.10. The van der Waals surface area contributed by atoms with Crippen LogP contribution in [0.4, 0.5) is 0 Å². The van der Waals surface area contributed by atoms with E-state index in [9.17, 15) is 5.11 Å². The van der Waals surface area contributed by atoms with Gasteiger partial charge in [0.2, 0.25) is 0 Å². The molecule has 1 unspecified atom stereocenters. The molecule has 0 saturated carbocycles. The summed E-state index contributed by atoms with van der Waals surface area (Å²) in [4.78, 5) is 9.14. The number of aliphatic hydroxyl groups is 1. The van der Waals surface area contributed by atoms with Gasteiger partial charge in [0.15, 0.2) is 5.96 Å². The fourth-order valence-corrected chi connectivity index (χ4v) is 3.18. The van der Waals surface area contributed by atoms with Crippen molar-refractivity contribution in [3.05, 3.63) is 72.1 Å². The van der Waals surface area contributed by atoms with Crippen molar-refractivity contribution < 1.29 is 9.84 Å². The highest BCUT2D eigenvalue weighted by Crippen LogP contribution is 2.20. The number of benzene rings is 2. The van der Waals surface area contributed by atoms with Crippen molar-refractivity contribution in [2.75, 3.05) is 13.1 Å². The minimum atomic E-state index is -0.680. The third-order valence-corrected chi connectivity index (χ3v) is 4.56. The first kappa shape index (κ1) is 21.6. The molecule has 0 bridgehead atoms. The average molecular weight is 407 g/mol. The number of hydrogen-bond donors (Lipinski definition) is 3. The van der Waals surface area contributed by atoms with Crippen molar-refractivity contribution in [1.29, 1.82) is 0 Å².